The minimum absolute atomic E-state index is 0.281. The summed E-state index contributed by atoms with van der Waals surface area (Å²) in [5.41, 5.74) is 1.93. The number of carboxylic acid groups (broad SMARTS) is 1. The lowest BCUT2D eigenvalue weighted by Crippen LogP contribution is -2.11. The number of aromatic nitrogens is 3. The van der Waals surface area contributed by atoms with E-state index in [0.717, 1.165) is 11.4 Å². The summed E-state index contributed by atoms with van der Waals surface area (Å²) in [5.74, 6) is -0.0711. The van der Waals surface area contributed by atoms with Gasteiger partial charge in [0, 0.05) is 25.7 Å². The molecule has 0 unspecified atom stereocenters. The second-order valence-electron chi connectivity index (χ2n) is 4.39. The molecule has 6 heteroatoms. The molecule has 1 heterocycles. The Morgan fingerprint density at radius 3 is 2.89 bits per heavy atom. The summed E-state index contributed by atoms with van der Waals surface area (Å²) in [4.78, 5) is 11.1. The zero-order valence-electron chi connectivity index (χ0n) is 10.9. The predicted molar refractivity (Wildman–Crippen MR) is 71.3 cm³/mol. The molecule has 19 heavy (non-hydrogen) atoms. The maximum Gasteiger partial charge on any atom is 0.337 e. The maximum atomic E-state index is 11.1. The van der Waals surface area contributed by atoms with Gasteiger partial charge in [0.15, 0.2) is 0 Å². The van der Waals surface area contributed by atoms with Crippen LogP contribution in [-0.4, -0.2) is 32.4 Å². The van der Waals surface area contributed by atoms with Crippen molar-refractivity contribution in [3.63, 3.8) is 0 Å². The lowest BCUT2D eigenvalue weighted by molar-refractivity contribution is 0.0698. The molecule has 2 N–H and O–H groups in total. The van der Waals surface area contributed by atoms with E-state index in [1.54, 1.807) is 18.5 Å². The van der Waals surface area contributed by atoms with Crippen LogP contribution in [0.15, 0.2) is 24.5 Å². The third kappa shape index (κ3) is 3.09. The average Bonchev–Trinajstić information content (AvgIpc) is 2.75. The second kappa shape index (κ2) is 5.51. The number of nitrogens with zero attached hydrogens (tertiary/aromatic N) is 3. The van der Waals surface area contributed by atoms with Crippen molar-refractivity contribution >= 4 is 11.7 Å². The fourth-order valence-corrected chi connectivity index (χ4v) is 1.83. The molecular weight excluding hydrogens is 244 g/mol. The van der Waals surface area contributed by atoms with Gasteiger partial charge in [-0.25, -0.2) is 4.79 Å². The molecule has 0 saturated carbocycles. The first kappa shape index (κ1) is 13.1. The van der Waals surface area contributed by atoms with Gasteiger partial charge >= 0.3 is 5.97 Å². The predicted octanol–water partition coefficient (Wildman–Crippen LogP) is 1.48. The third-order valence-corrected chi connectivity index (χ3v) is 2.87. The van der Waals surface area contributed by atoms with E-state index in [4.69, 9.17) is 5.11 Å². The van der Waals surface area contributed by atoms with E-state index in [2.05, 4.69) is 15.5 Å². The van der Waals surface area contributed by atoms with Gasteiger partial charge < -0.3 is 15.0 Å². The summed E-state index contributed by atoms with van der Waals surface area (Å²) in [6.45, 7) is 2.54. The first-order valence-electron chi connectivity index (χ1n) is 5.98. The molecule has 1 aromatic heterocycles. The number of rotatable bonds is 5. The molecule has 0 fully saturated rings. The number of hydrogen-bond acceptors (Lipinski definition) is 4. The molecule has 0 atom stereocenters. The Morgan fingerprint density at radius 2 is 2.26 bits per heavy atom. The van der Waals surface area contributed by atoms with E-state index in [9.17, 15) is 4.79 Å². The number of carbonyl (C=O) groups is 1. The minimum Gasteiger partial charge on any atom is -0.478 e. The monoisotopic (exact) mass is 260 g/mol. The van der Waals surface area contributed by atoms with Crippen LogP contribution in [0.5, 0.6) is 0 Å². The van der Waals surface area contributed by atoms with Crippen molar-refractivity contribution in [3.05, 3.63) is 41.5 Å². The number of hydrogen-bond donors (Lipinski definition) is 2. The highest BCUT2D eigenvalue weighted by Crippen LogP contribution is 2.17. The first-order valence-corrected chi connectivity index (χ1v) is 5.98. The quantitative estimate of drug-likeness (QED) is 0.851. The van der Waals surface area contributed by atoms with Crippen molar-refractivity contribution < 1.29 is 9.90 Å². The fourth-order valence-electron chi connectivity index (χ4n) is 1.83. The van der Waals surface area contributed by atoms with Crippen LogP contribution in [0.4, 0.5) is 5.69 Å². The van der Waals surface area contributed by atoms with Crippen molar-refractivity contribution in [3.8, 4) is 0 Å². The Hall–Kier alpha value is -2.37. The number of aromatic carboxylic acids is 1. The van der Waals surface area contributed by atoms with Gasteiger partial charge in [0.25, 0.3) is 0 Å². The van der Waals surface area contributed by atoms with Gasteiger partial charge in [-0.3, -0.25) is 0 Å². The van der Waals surface area contributed by atoms with Gasteiger partial charge in [0.2, 0.25) is 0 Å². The van der Waals surface area contributed by atoms with Crippen LogP contribution in [0, 0.1) is 6.92 Å². The standard InChI is InChI=1S/C13H16N4O2/c1-9-3-4-10(13(18)19)11(7-9)14-6-5-12-16-15-8-17(12)2/h3-4,7-8,14H,5-6H2,1-2H3,(H,18,19). The van der Waals surface area contributed by atoms with Crippen LogP contribution in [0.25, 0.3) is 0 Å². The summed E-state index contributed by atoms with van der Waals surface area (Å²) >= 11 is 0. The fraction of sp³-hybridized carbons (Fsp3) is 0.308. The van der Waals surface area contributed by atoms with Gasteiger partial charge in [0.05, 0.1) is 5.56 Å². The molecular formula is C13H16N4O2. The maximum absolute atomic E-state index is 11.1. The molecule has 0 aliphatic carbocycles. The lowest BCUT2D eigenvalue weighted by atomic mass is 10.1. The van der Waals surface area contributed by atoms with Crippen molar-refractivity contribution in [1.82, 2.24) is 14.8 Å². The van der Waals surface area contributed by atoms with Gasteiger partial charge in [-0.1, -0.05) is 6.07 Å². The van der Waals surface area contributed by atoms with Gasteiger partial charge in [0.1, 0.15) is 12.2 Å². The number of anilines is 1. The van der Waals surface area contributed by atoms with E-state index in [1.807, 2.05) is 24.6 Å². The molecule has 0 aliphatic heterocycles. The largest absolute Gasteiger partial charge is 0.478 e. The first-order chi connectivity index (χ1) is 9.08. The van der Waals surface area contributed by atoms with E-state index < -0.39 is 5.97 Å². The van der Waals surface area contributed by atoms with Gasteiger partial charge in [-0.15, -0.1) is 10.2 Å². The van der Waals surface area contributed by atoms with Crippen LogP contribution in [0.3, 0.4) is 0 Å². The number of nitrogens with one attached hydrogen (secondary N) is 1. The Labute approximate surface area is 111 Å². The molecule has 6 nitrogen and oxygen atoms in total. The Morgan fingerprint density at radius 1 is 1.47 bits per heavy atom. The summed E-state index contributed by atoms with van der Waals surface area (Å²) in [6, 6.07) is 5.24. The SMILES string of the molecule is Cc1ccc(C(=O)O)c(NCCc2nncn2C)c1. The topological polar surface area (TPSA) is 80.0 Å². The Bertz CT molecular complexity index is 592. The van der Waals surface area contributed by atoms with Crippen molar-refractivity contribution in [1.29, 1.82) is 0 Å². The van der Waals surface area contributed by atoms with Crippen LogP contribution in [0.2, 0.25) is 0 Å². The molecule has 0 saturated heterocycles. The average molecular weight is 260 g/mol. The van der Waals surface area contributed by atoms with Gasteiger partial charge in [-0.05, 0) is 24.6 Å². The van der Waals surface area contributed by atoms with Crippen LogP contribution >= 0.6 is 0 Å². The Kier molecular flexibility index (Phi) is 3.79. The summed E-state index contributed by atoms with van der Waals surface area (Å²) in [7, 11) is 1.88. The molecule has 2 aromatic rings. The highest BCUT2D eigenvalue weighted by molar-refractivity contribution is 5.94. The number of benzene rings is 1. The van der Waals surface area contributed by atoms with E-state index in [0.29, 0.717) is 18.7 Å². The van der Waals surface area contributed by atoms with E-state index in [1.165, 1.54) is 0 Å². The van der Waals surface area contributed by atoms with Gasteiger partial charge in [-0.2, -0.15) is 0 Å². The zero-order valence-corrected chi connectivity index (χ0v) is 10.9. The molecule has 0 amide bonds. The zero-order chi connectivity index (χ0) is 13.8. The summed E-state index contributed by atoms with van der Waals surface area (Å²) in [5, 5.41) is 20.0. The highest BCUT2D eigenvalue weighted by Gasteiger charge is 2.09. The van der Waals surface area contributed by atoms with Crippen molar-refractivity contribution in [2.75, 3.05) is 11.9 Å². The smallest absolute Gasteiger partial charge is 0.337 e. The lowest BCUT2D eigenvalue weighted by Gasteiger charge is -2.10. The van der Waals surface area contributed by atoms with Crippen LogP contribution in [0.1, 0.15) is 21.7 Å². The normalized spacial score (nSPS) is 10.4. The molecule has 2 rings (SSSR count). The number of aryl methyl sites for hydroxylation is 2. The van der Waals surface area contributed by atoms with Crippen molar-refractivity contribution in [2.24, 2.45) is 7.05 Å². The minimum atomic E-state index is -0.929. The molecule has 0 aliphatic rings. The van der Waals surface area contributed by atoms with Crippen LogP contribution in [-0.2, 0) is 13.5 Å². The second-order valence-corrected chi connectivity index (χ2v) is 4.39. The summed E-state index contributed by atoms with van der Waals surface area (Å²) < 4.78 is 1.84. The molecule has 0 bridgehead atoms. The van der Waals surface area contributed by atoms with Crippen LogP contribution < -0.4 is 5.32 Å². The molecule has 0 radical (unpaired) electrons. The van der Waals surface area contributed by atoms with E-state index in [-0.39, 0.29) is 5.56 Å². The molecule has 100 valence electrons. The highest BCUT2D eigenvalue weighted by atomic mass is 16.4. The summed E-state index contributed by atoms with van der Waals surface area (Å²) in [6.07, 6.45) is 2.33. The van der Waals surface area contributed by atoms with Crippen molar-refractivity contribution in [2.45, 2.75) is 13.3 Å². The third-order valence-electron chi connectivity index (χ3n) is 2.87. The van der Waals surface area contributed by atoms with E-state index >= 15 is 0 Å². The molecule has 1 aromatic carbocycles. The number of carboxylic acids is 1. The Balaban J connectivity index is 2.05. The molecule has 0 spiro atoms.